The van der Waals surface area contributed by atoms with Gasteiger partial charge in [0.2, 0.25) is 0 Å². The van der Waals surface area contributed by atoms with Gasteiger partial charge in [0.25, 0.3) is 0 Å². The first-order valence-electron chi connectivity index (χ1n) is 27.9. The third-order valence-corrected chi connectivity index (χ3v) is 15.3. The zero-order chi connectivity index (χ0) is 52.3. The Hall–Kier alpha value is -8.74. The number of fused-ring (bicyclic) bond motifs is 4. The molecule has 384 valence electrons. The van der Waals surface area contributed by atoms with E-state index < -0.39 is 0 Å². The molecule has 0 aliphatic rings. The Bertz CT molecular complexity index is 3680. The fourth-order valence-electron chi connectivity index (χ4n) is 11.2. The van der Waals surface area contributed by atoms with Crippen LogP contribution in [0.25, 0.3) is 43.7 Å². The molecule has 0 atom stereocenters. The monoisotopic (exact) mass is 1010 g/mol. The second kappa shape index (κ2) is 23.9. The molecule has 10 aromatic carbocycles. The summed E-state index contributed by atoms with van der Waals surface area (Å²) >= 11 is 0. The standard InChI is InChI=1S/C71H70N6/c1-4-5-6-7-8-9-10-28-47-72-63-49-62-65(64(54-35-18-12-19-36-54)71(63)77(56-40-22-14-23-41-56)57-42-24-15-25-43-57)66-69(76-62)67(73-55-38-20-13-21-39-55)59(48-52-32-16-11-17-33-52)68(74-60-45-29-31-50(2)51(60)3)70(66)75-61-46-30-37-53-34-26-27-44-58(53)61/h11-27,29-46,49,72-76H,4-10,28,47-48H2,1-3H3. The molecule has 1 heterocycles. The van der Waals surface area contributed by atoms with Crippen LogP contribution in [0.3, 0.4) is 0 Å². The smallest absolute Gasteiger partial charge is 0.0780 e. The van der Waals surface area contributed by atoms with Gasteiger partial charge >= 0.3 is 0 Å². The minimum absolute atomic E-state index is 0.650. The molecule has 11 rings (SSSR count). The van der Waals surface area contributed by atoms with Crippen molar-refractivity contribution in [3.05, 3.63) is 241 Å². The Balaban J connectivity index is 1.28. The van der Waals surface area contributed by atoms with E-state index in [9.17, 15) is 0 Å². The number of hydrogen-bond acceptors (Lipinski definition) is 5. The van der Waals surface area contributed by atoms with Gasteiger partial charge < -0.3 is 31.2 Å². The Kier molecular flexibility index (Phi) is 15.6. The lowest BCUT2D eigenvalue weighted by Gasteiger charge is -2.31. The SMILES string of the molecule is CCCCCCCCCCNc1cc2[nH]c3c(Nc4ccccc4)c(Cc4ccccc4)c(Nc4cccc(C)c4C)c(Nc4cccc5ccccc45)c3c2c(-c2ccccc2)c1N(c1ccccc1)c1ccccc1. The van der Waals surface area contributed by atoms with E-state index >= 15 is 0 Å². The number of benzene rings is 10. The van der Waals surface area contributed by atoms with Crippen molar-refractivity contribution in [1.29, 1.82) is 0 Å². The number of nitrogens with zero attached hydrogens (tertiary/aromatic N) is 1. The maximum Gasteiger partial charge on any atom is 0.0780 e. The normalized spacial score (nSPS) is 11.3. The number of anilines is 10. The average molecular weight is 1010 g/mol. The number of aromatic amines is 1. The third-order valence-electron chi connectivity index (χ3n) is 15.3. The van der Waals surface area contributed by atoms with Gasteiger partial charge in [0, 0.05) is 74.2 Å². The molecule has 0 spiro atoms. The number of nitrogens with one attached hydrogen (secondary N) is 5. The van der Waals surface area contributed by atoms with Crippen molar-refractivity contribution in [2.45, 2.75) is 78.6 Å². The van der Waals surface area contributed by atoms with Crippen molar-refractivity contribution in [3.63, 3.8) is 0 Å². The molecule has 77 heavy (non-hydrogen) atoms. The van der Waals surface area contributed by atoms with Gasteiger partial charge in [-0.2, -0.15) is 0 Å². The van der Waals surface area contributed by atoms with Crippen molar-refractivity contribution < 1.29 is 0 Å². The number of rotatable bonds is 22. The summed E-state index contributed by atoms with van der Waals surface area (Å²) in [6, 6.07) is 78.6. The quantitative estimate of drug-likeness (QED) is 0.0438. The molecule has 0 aliphatic heterocycles. The van der Waals surface area contributed by atoms with E-state index in [-0.39, 0.29) is 0 Å². The number of unbranched alkanes of at least 4 members (excludes halogenated alkanes) is 7. The van der Waals surface area contributed by atoms with Gasteiger partial charge in [-0.3, -0.25) is 0 Å². The largest absolute Gasteiger partial charge is 0.383 e. The molecule has 1 aromatic heterocycles. The van der Waals surface area contributed by atoms with Crippen molar-refractivity contribution in [2.24, 2.45) is 0 Å². The highest BCUT2D eigenvalue weighted by molar-refractivity contribution is 6.28. The first kappa shape index (κ1) is 50.4. The molecule has 6 heteroatoms. The van der Waals surface area contributed by atoms with Crippen molar-refractivity contribution in [1.82, 2.24) is 4.98 Å². The zero-order valence-corrected chi connectivity index (χ0v) is 44.8. The molecule has 0 aliphatic carbocycles. The third kappa shape index (κ3) is 11.0. The summed E-state index contributed by atoms with van der Waals surface area (Å²) in [5.41, 5.74) is 19.5. The average Bonchev–Trinajstić information content (AvgIpc) is 4.09. The molecule has 0 bridgehead atoms. The summed E-state index contributed by atoms with van der Waals surface area (Å²) in [6.45, 7) is 7.56. The maximum atomic E-state index is 4.24. The van der Waals surface area contributed by atoms with Gasteiger partial charge in [0.1, 0.15) is 0 Å². The maximum absolute atomic E-state index is 4.24. The van der Waals surface area contributed by atoms with Gasteiger partial charge in [-0.15, -0.1) is 0 Å². The van der Waals surface area contributed by atoms with E-state index in [1.54, 1.807) is 0 Å². The Morgan fingerprint density at radius 2 is 1.04 bits per heavy atom. The number of hydrogen-bond donors (Lipinski definition) is 5. The molecule has 11 aromatic rings. The fraction of sp³-hybridized carbons (Fsp3) is 0.183. The van der Waals surface area contributed by atoms with Crippen LogP contribution in [0.5, 0.6) is 0 Å². The lowest BCUT2D eigenvalue weighted by molar-refractivity contribution is 0.581. The van der Waals surface area contributed by atoms with Crippen LogP contribution in [0.2, 0.25) is 0 Å². The Morgan fingerprint density at radius 3 is 1.74 bits per heavy atom. The van der Waals surface area contributed by atoms with Crippen LogP contribution in [-0.4, -0.2) is 11.5 Å². The van der Waals surface area contributed by atoms with Gasteiger partial charge in [-0.1, -0.05) is 216 Å². The predicted octanol–water partition coefficient (Wildman–Crippen LogP) is 20.6. The first-order chi connectivity index (χ1) is 38.0. The molecule has 0 amide bonds. The van der Waals surface area contributed by atoms with E-state index in [4.69, 9.17) is 0 Å². The number of aryl methyl sites for hydroxylation is 1. The van der Waals surface area contributed by atoms with Gasteiger partial charge in [-0.05, 0) is 103 Å². The van der Waals surface area contributed by atoms with Crippen LogP contribution in [0.15, 0.2) is 218 Å². The molecular weight excluding hydrogens is 937 g/mol. The van der Waals surface area contributed by atoms with Crippen LogP contribution in [0.4, 0.5) is 56.9 Å². The van der Waals surface area contributed by atoms with Crippen LogP contribution < -0.4 is 26.2 Å². The number of H-pyrrole nitrogens is 1. The second-order valence-electron chi connectivity index (χ2n) is 20.5. The molecule has 0 fully saturated rings. The highest BCUT2D eigenvalue weighted by atomic mass is 15.2. The molecule has 5 N–H and O–H groups in total. The van der Waals surface area contributed by atoms with Crippen molar-refractivity contribution >= 4 is 89.5 Å². The van der Waals surface area contributed by atoms with Crippen LogP contribution in [-0.2, 0) is 6.42 Å². The lowest BCUT2D eigenvalue weighted by Crippen LogP contribution is -2.15. The Morgan fingerprint density at radius 1 is 0.468 bits per heavy atom. The first-order valence-corrected chi connectivity index (χ1v) is 27.9. The summed E-state index contributed by atoms with van der Waals surface area (Å²) in [4.78, 5) is 6.68. The number of para-hydroxylation sites is 3. The molecule has 0 unspecified atom stereocenters. The second-order valence-corrected chi connectivity index (χ2v) is 20.5. The van der Waals surface area contributed by atoms with Gasteiger partial charge in [0.05, 0.1) is 34.0 Å². The van der Waals surface area contributed by atoms with Gasteiger partial charge in [0.15, 0.2) is 0 Å². The summed E-state index contributed by atoms with van der Waals surface area (Å²) in [5.74, 6) is 0. The molecule has 6 nitrogen and oxygen atoms in total. The minimum Gasteiger partial charge on any atom is -0.383 e. The zero-order valence-electron chi connectivity index (χ0n) is 44.8. The summed E-state index contributed by atoms with van der Waals surface area (Å²) < 4.78 is 0. The number of aromatic nitrogens is 1. The van der Waals surface area contributed by atoms with Crippen molar-refractivity contribution in [3.8, 4) is 11.1 Å². The predicted molar refractivity (Wildman–Crippen MR) is 332 cm³/mol. The molecule has 0 saturated heterocycles. The fourth-order valence-corrected chi connectivity index (χ4v) is 11.2. The Labute approximate surface area is 455 Å². The lowest BCUT2D eigenvalue weighted by atomic mass is 9.91. The van der Waals surface area contributed by atoms with E-state index in [0.717, 1.165) is 114 Å². The molecular formula is C71H70N6. The molecule has 0 saturated carbocycles. The minimum atomic E-state index is 0.650. The topological polar surface area (TPSA) is 67.2 Å². The van der Waals surface area contributed by atoms with Gasteiger partial charge in [-0.25, -0.2) is 0 Å². The van der Waals surface area contributed by atoms with E-state index in [0.29, 0.717) is 6.42 Å². The highest BCUT2D eigenvalue weighted by Crippen LogP contribution is 2.55. The summed E-state index contributed by atoms with van der Waals surface area (Å²) in [5, 5.41) is 21.1. The van der Waals surface area contributed by atoms with E-state index in [1.807, 2.05) is 0 Å². The van der Waals surface area contributed by atoms with Crippen molar-refractivity contribution in [2.75, 3.05) is 32.7 Å². The molecule has 0 radical (unpaired) electrons. The van der Waals surface area contributed by atoms with Crippen LogP contribution in [0.1, 0.15) is 80.5 Å². The van der Waals surface area contributed by atoms with Crippen LogP contribution in [0, 0.1) is 13.8 Å². The van der Waals surface area contributed by atoms with E-state index in [1.165, 1.54) is 67.0 Å². The summed E-state index contributed by atoms with van der Waals surface area (Å²) in [7, 11) is 0. The van der Waals surface area contributed by atoms with E-state index in [2.05, 4.69) is 270 Å². The summed E-state index contributed by atoms with van der Waals surface area (Å²) in [6.07, 6.45) is 10.7. The highest BCUT2D eigenvalue weighted by Gasteiger charge is 2.31. The van der Waals surface area contributed by atoms with Crippen LogP contribution >= 0.6 is 0 Å².